The second-order valence-corrected chi connectivity index (χ2v) is 5.09. The van der Waals surface area contributed by atoms with Crippen LogP contribution in [0.25, 0.3) is 10.8 Å². The minimum Gasteiger partial charge on any atom is -0.321 e. The van der Waals surface area contributed by atoms with Crippen molar-refractivity contribution in [2.75, 3.05) is 5.32 Å². The number of hydrogen-bond acceptors (Lipinski definition) is 2. The van der Waals surface area contributed by atoms with Gasteiger partial charge in [0.2, 0.25) is 0 Å². The average Bonchev–Trinajstić information content (AvgIpc) is 2.52. The van der Waals surface area contributed by atoms with E-state index in [4.69, 9.17) is 0 Å². The summed E-state index contributed by atoms with van der Waals surface area (Å²) in [6.45, 7) is 0. The zero-order valence-electron chi connectivity index (χ0n) is 12.1. The van der Waals surface area contributed by atoms with Gasteiger partial charge in [0.15, 0.2) is 0 Å². The van der Waals surface area contributed by atoms with Gasteiger partial charge in [0.25, 0.3) is 11.5 Å². The highest BCUT2D eigenvalue weighted by Crippen LogP contribution is 2.15. The third-order valence-electron chi connectivity index (χ3n) is 3.54. The zero-order valence-corrected chi connectivity index (χ0v) is 12.1. The van der Waals surface area contributed by atoms with Crippen LogP contribution >= 0.6 is 0 Å². The smallest absolute Gasteiger partial charge is 0.272 e. The number of fused-ring (bicyclic) bond motifs is 1. The molecule has 0 aliphatic rings. The Morgan fingerprint density at radius 3 is 2.35 bits per heavy atom. The number of carbonyl (C=O) groups excluding carboxylic acids is 1. The van der Waals surface area contributed by atoms with E-state index in [-0.39, 0.29) is 5.69 Å². The Kier molecular flexibility index (Phi) is 3.65. The highest BCUT2D eigenvalue weighted by Gasteiger charge is 2.14. The Morgan fingerprint density at radius 1 is 1.00 bits per heavy atom. The number of pyridine rings is 1. The number of hydrogen-bond donors (Lipinski definition) is 1. The van der Waals surface area contributed by atoms with Gasteiger partial charge in [0, 0.05) is 18.1 Å². The van der Waals surface area contributed by atoms with E-state index in [2.05, 4.69) is 5.32 Å². The summed E-state index contributed by atoms with van der Waals surface area (Å²) < 4.78 is 27.4. The molecule has 0 unspecified atom stereocenters. The highest BCUT2D eigenvalue weighted by atomic mass is 19.1. The predicted octanol–water partition coefficient (Wildman–Crippen LogP) is 3.07. The zero-order chi connectivity index (χ0) is 16.6. The van der Waals surface area contributed by atoms with Crippen molar-refractivity contribution < 1.29 is 13.6 Å². The molecule has 0 aliphatic heterocycles. The Hall–Kier alpha value is -3.02. The van der Waals surface area contributed by atoms with Crippen LogP contribution in [0.4, 0.5) is 14.5 Å². The first-order chi connectivity index (χ1) is 11.0. The van der Waals surface area contributed by atoms with Gasteiger partial charge in [-0.3, -0.25) is 9.59 Å². The summed E-state index contributed by atoms with van der Waals surface area (Å²) in [4.78, 5) is 24.6. The van der Waals surface area contributed by atoms with Crippen LogP contribution in [0.3, 0.4) is 0 Å². The number of carbonyl (C=O) groups is 1. The van der Waals surface area contributed by atoms with Crippen LogP contribution in [0, 0.1) is 11.6 Å². The Labute approximate surface area is 130 Å². The Morgan fingerprint density at radius 2 is 1.65 bits per heavy atom. The van der Waals surface area contributed by atoms with E-state index >= 15 is 0 Å². The molecule has 3 rings (SSSR count). The van der Waals surface area contributed by atoms with Crippen LogP contribution < -0.4 is 10.9 Å². The Balaban J connectivity index is 2.04. The second kappa shape index (κ2) is 5.64. The number of amides is 1. The van der Waals surface area contributed by atoms with Crippen LogP contribution in [0.1, 0.15) is 10.5 Å². The lowest BCUT2D eigenvalue weighted by atomic mass is 10.1. The van der Waals surface area contributed by atoms with Crippen molar-refractivity contribution in [3.8, 4) is 0 Å². The van der Waals surface area contributed by atoms with Gasteiger partial charge in [-0.05, 0) is 53.9 Å². The number of nitrogens with one attached hydrogen (secondary N) is 1. The van der Waals surface area contributed by atoms with E-state index in [1.54, 1.807) is 0 Å². The summed E-state index contributed by atoms with van der Waals surface area (Å²) in [6, 6.07) is 10.5. The van der Waals surface area contributed by atoms with Crippen molar-refractivity contribution in [1.29, 1.82) is 0 Å². The van der Waals surface area contributed by atoms with E-state index in [0.717, 1.165) is 0 Å². The normalized spacial score (nSPS) is 10.7. The van der Waals surface area contributed by atoms with Gasteiger partial charge in [0.1, 0.15) is 17.3 Å². The molecule has 6 heteroatoms. The number of anilines is 1. The third kappa shape index (κ3) is 2.83. The number of aromatic nitrogens is 1. The summed E-state index contributed by atoms with van der Waals surface area (Å²) in [6.07, 6.45) is 0. The van der Waals surface area contributed by atoms with E-state index in [9.17, 15) is 18.4 Å². The molecule has 1 aromatic heterocycles. The molecule has 1 amide bonds. The second-order valence-electron chi connectivity index (χ2n) is 5.09. The van der Waals surface area contributed by atoms with E-state index < -0.39 is 23.1 Å². The maximum atomic E-state index is 13.3. The number of nitrogens with zero attached hydrogens (tertiary/aromatic N) is 1. The number of benzene rings is 2. The van der Waals surface area contributed by atoms with E-state index in [1.165, 1.54) is 60.1 Å². The molecule has 0 saturated heterocycles. The molecule has 0 aliphatic carbocycles. The summed E-state index contributed by atoms with van der Waals surface area (Å²) in [5.74, 6) is -1.45. The van der Waals surface area contributed by atoms with Crippen molar-refractivity contribution in [2.45, 2.75) is 0 Å². The fourth-order valence-electron chi connectivity index (χ4n) is 2.33. The molecule has 0 radical (unpaired) electrons. The summed E-state index contributed by atoms with van der Waals surface area (Å²) in [5, 5.41) is 3.24. The summed E-state index contributed by atoms with van der Waals surface area (Å²) in [7, 11) is 1.46. The number of halogens is 2. The molecule has 0 fully saturated rings. The van der Waals surface area contributed by atoms with Gasteiger partial charge in [0.05, 0.1) is 0 Å². The standard InChI is InChI=1S/C17H12F2N2O2/c1-21-15(16(22)20-13-5-2-11(18)3-6-13)9-10-8-12(19)4-7-14(10)17(21)23/h2-9H,1H3,(H,20,22). The molecule has 1 N–H and O–H groups in total. The molecule has 0 atom stereocenters. The molecule has 0 saturated carbocycles. The molecule has 23 heavy (non-hydrogen) atoms. The average molecular weight is 314 g/mol. The first-order valence-corrected chi connectivity index (χ1v) is 6.82. The van der Waals surface area contributed by atoms with Crippen molar-refractivity contribution in [1.82, 2.24) is 4.57 Å². The first kappa shape index (κ1) is 14.9. The molecule has 4 nitrogen and oxygen atoms in total. The molecule has 2 aromatic carbocycles. The molecule has 116 valence electrons. The summed E-state index contributed by atoms with van der Waals surface area (Å²) in [5.41, 5.74) is 0.0763. The van der Waals surface area contributed by atoms with Crippen molar-refractivity contribution >= 4 is 22.4 Å². The van der Waals surface area contributed by atoms with Crippen LogP contribution in [0.15, 0.2) is 53.3 Å². The maximum Gasteiger partial charge on any atom is 0.272 e. The quantitative estimate of drug-likeness (QED) is 0.790. The number of rotatable bonds is 2. The van der Waals surface area contributed by atoms with Gasteiger partial charge in [-0.15, -0.1) is 0 Å². The summed E-state index contributed by atoms with van der Waals surface area (Å²) >= 11 is 0. The minimum absolute atomic E-state index is 0.0809. The molecular weight excluding hydrogens is 302 g/mol. The maximum absolute atomic E-state index is 13.3. The first-order valence-electron chi connectivity index (χ1n) is 6.82. The van der Waals surface area contributed by atoms with Gasteiger partial charge < -0.3 is 9.88 Å². The fraction of sp³-hybridized carbons (Fsp3) is 0.0588. The molecular formula is C17H12F2N2O2. The minimum atomic E-state index is -0.539. The van der Waals surface area contributed by atoms with Crippen LogP contribution in [0.5, 0.6) is 0 Å². The highest BCUT2D eigenvalue weighted by molar-refractivity contribution is 6.05. The van der Waals surface area contributed by atoms with Crippen LogP contribution in [-0.4, -0.2) is 10.5 Å². The molecule has 1 heterocycles. The van der Waals surface area contributed by atoms with E-state index in [1.807, 2.05) is 0 Å². The van der Waals surface area contributed by atoms with Crippen molar-refractivity contribution in [3.05, 3.63) is 76.2 Å². The molecule has 0 bridgehead atoms. The topological polar surface area (TPSA) is 51.1 Å². The Bertz CT molecular complexity index is 963. The van der Waals surface area contributed by atoms with Gasteiger partial charge in [-0.1, -0.05) is 0 Å². The largest absolute Gasteiger partial charge is 0.321 e. The lowest BCUT2D eigenvalue weighted by Gasteiger charge is -2.11. The SMILES string of the molecule is Cn1c(C(=O)Nc2ccc(F)cc2)cc2cc(F)ccc2c1=O. The monoisotopic (exact) mass is 314 g/mol. The van der Waals surface area contributed by atoms with Gasteiger partial charge >= 0.3 is 0 Å². The van der Waals surface area contributed by atoms with Gasteiger partial charge in [-0.25, -0.2) is 8.78 Å². The van der Waals surface area contributed by atoms with Crippen molar-refractivity contribution in [3.63, 3.8) is 0 Å². The lowest BCUT2D eigenvalue weighted by Crippen LogP contribution is -2.26. The predicted molar refractivity (Wildman–Crippen MR) is 83.5 cm³/mol. The van der Waals surface area contributed by atoms with Gasteiger partial charge in [-0.2, -0.15) is 0 Å². The molecule has 0 spiro atoms. The third-order valence-corrected chi connectivity index (χ3v) is 3.54. The van der Waals surface area contributed by atoms with E-state index in [0.29, 0.717) is 16.5 Å². The fourth-order valence-corrected chi connectivity index (χ4v) is 2.33. The van der Waals surface area contributed by atoms with Crippen molar-refractivity contribution in [2.24, 2.45) is 7.05 Å². The lowest BCUT2D eigenvalue weighted by molar-refractivity contribution is 0.101. The molecule has 3 aromatic rings. The van der Waals surface area contributed by atoms with Crippen LogP contribution in [-0.2, 0) is 7.05 Å². The van der Waals surface area contributed by atoms with Crippen LogP contribution in [0.2, 0.25) is 0 Å².